The molecule has 1 aliphatic carbocycles. The number of fused-ring (bicyclic) bond motifs is 1. The van der Waals surface area contributed by atoms with Crippen LogP contribution in [0, 0.1) is 0 Å². The van der Waals surface area contributed by atoms with Crippen LogP contribution in [0.4, 0.5) is 5.82 Å². The topological polar surface area (TPSA) is 32.6 Å². The van der Waals surface area contributed by atoms with Crippen LogP contribution in [0.15, 0.2) is 11.6 Å². The van der Waals surface area contributed by atoms with E-state index in [0.717, 1.165) is 17.3 Å². The maximum absolute atomic E-state index is 4.83. The Bertz CT molecular complexity index is 539. The van der Waals surface area contributed by atoms with Crippen molar-refractivity contribution in [3.63, 3.8) is 0 Å². The summed E-state index contributed by atoms with van der Waals surface area (Å²) in [4.78, 5) is 8.34. The molecule has 0 radical (unpaired) electrons. The van der Waals surface area contributed by atoms with Gasteiger partial charge in [0.05, 0.1) is 5.69 Å². The summed E-state index contributed by atoms with van der Waals surface area (Å²) >= 11 is 1.71. The summed E-state index contributed by atoms with van der Waals surface area (Å²) in [6, 6.07) is 0.661. The van der Waals surface area contributed by atoms with Crippen molar-refractivity contribution in [2.45, 2.75) is 44.7 Å². The van der Waals surface area contributed by atoms with Gasteiger partial charge in [-0.05, 0) is 19.9 Å². The monoisotopic (exact) mass is 278 g/mol. The molecule has 3 rings (SSSR count). The van der Waals surface area contributed by atoms with Gasteiger partial charge in [-0.3, -0.25) is 4.40 Å². The van der Waals surface area contributed by atoms with Gasteiger partial charge in [0, 0.05) is 31.2 Å². The highest BCUT2D eigenvalue weighted by Gasteiger charge is 2.23. The van der Waals surface area contributed by atoms with Crippen LogP contribution in [0.3, 0.4) is 0 Å². The van der Waals surface area contributed by atoms with Crippen LogP contribution in [0.1, 0.15) is 37.8 Å². The summed E-state index contributed by atoms with van der Waals surface area (Å²) < 4.78 is 2.22. The van der Waals surface area contributed by atoms with Gasteiger partial charge in [0.2, 0.25) is 0 Å². The zero-order chi connectivity index (χ0) is 13.2. The van der Waals surface area contributed by atoms with E-state index in [1.807, 2.05) is 7.05 Å². The van der Waals surface area contributed by atoms with Crippen LogP contribution in [-0.2, 0) is 6.54 Å². The molecule has 1 fully saturated rings. The molecule has 4 nitrogen and oxygen atoms in total. The molecule has 1 N–H and O–H groups in total. The Hall–Kier alpha value is -1.07. The summed E-state index contributed by atoms with van der Waals surface area (Å²) in [6.45, 7) is 0.865. The largest absolute Gasteiger partial charge is 0.355 e. The highest BCUT2D eigenvalue weighted by Crippen LogP contribution is 2.29. The van der Waals surface area contributed by atoms with Gasteiger partial charge < -0.3 is 10.2 Å². The van der Waals surface area contributed by atoms with Gasteiger partial charge in [-0.2, -0.15) is 0 Å². The number of rotatable bonds is 4. The Morgan fingerprint density at radius 1 is 1.42 bits per heavy atom. The second kappa shape index (κ2) is 5.51. The molecule has 0 atom stereocenters. The summed E-state index contributed by atoms with van der Waals surface area (Å²) in [5.41, 5.74) is 1.28. The van der Waals surface area contributed by atoms with Gasteiger partial charge in [-0.1, -0.05) is 19.3 Å². The Balaban J connectivity index is 1.93. The van der Waals surface area contributed by atoms with Crippen molar-refractivity contribution in [2.75, 3.05) is 19.0 Å². The lowest BCUT2D eigenvalue weighted by Crippen LogP contribution is -2.34. The maximum atomic E-state index is 4.83. The molecule has 0 bridgehead atoms. The minimum Gasteiger partial charge on any atom is -0.355 e. The number of nitrogens with zero attached hydrogens (tertiary/aromatic N) is 3. The lowest BCUT2D eigenvalue weighted by Gasteiger charge is -2.32. The van der Waals surface area contributed by atoms with Gasteiger partial charge in [0.25, 0.3) is 0 Å². The molecule has 1 saturated carbocycles. The molecule has 0 saturated heterocycles. The Morgan fingerprint density at radius 2 is 2.21 bits per heavy atom. The fourth-order valence-electron chi connectivity index (χ4n) is 3.08. The molecule has 0 amide bonds. The van der Waals surface area contributed by atoms with Crippen molar-refractivity contribution < 1.29 is 0 Å². The highest BCUT2D eigenvalue weighted by atomic mass is 32.1. The van der Waals surface area contributed by atoms with Gasteiger partial charge >= 0.3 is 0 Å². The number of imidazole rings is 1. The van der Waals surface area contributed by atoms with E-state index in [9.17, 15) is 0 Å². The normalized spacial score (nSPS) is 17.2. The van der Waals surface area contributed by atoms with Crippen LogP contribution in [0.5, 0.6) is 0 Å². The van der Waals surface area contributed by atoms with Crippen LogP contribution >= 0.6 is 11.3 Å². The molecule has 2 aromatic rings. The Labute approximate surface area is 118 Å². The smallest absolute Gasteiger partial charge is 0.195 e. The second-order valence-corrected chi connectivity index (χ2v) is 6.24. The van der Waals surface area contributed by atoms with Crippen molar-refractivity contribution in [3.8, 4) is 0 Å². The van der Waals surface area contributed by atoms with Gasteiger partial charge in [-0.25, -0.2) is 4.98 Å². The summed E-state index contributed by atoms with van der Waals surface area (Å²) in [7, 11) is 4.21. The average Bonchev–Trinajstić information content (AvgIpc) is 3.02. The number of hydrogen-bond donors (Lipinski definition) is 1. The molecule has 2 aromatic heterocycles. The van der Waals surface area contributed by atoms with E-state index in [0.29, 0.717) is 6.04 Å². The maximum Gasteiger partial charge on any atom is 0.195 e. The minimum atomic E-state index is 0.661. The summed E-state index contributed by atoms with van der Waals surface area (Å²) in [5.74, 6) is 1.16. The third-order valence-corrected chi connectivity index (χ3v) is 4.90. The van der Waals surface area contributed by atoms with E-state index >= 15 is 0 Å². The van der Waals surface area contributed by atoms with E-state index in [1.165, 1.54) is 37.8 Å². The molecule has 5 heteroatoms. The first-order valence-corrected chi connectivity index (χ1v) is 8.01. The molecule has 1 aliphatic rings. The zero-order valence-electron chi connectivity index (χ0n) is 11.7. The molecule has 0 unspecified atom stereocenters. The Kier molecular flexibility index (Phi) is 3.75. The van der Waals surface area contributed by atoms with Gasteiger partial charge in [0.1, 0.15) is 0 Å². The molecule has 104 valence electrons. The lowest BCUT2D eigenvalue weighted by molar-refractivity contribution is 0.425. The number of nitrogens with one attached hydrogen (secondary N) is 1. The van der Waals surface area contributed by atoms with Crippen molar-refractivity contribution in [1.82, 2.24) is 14.7 Å². The van der Waals surface area contributed by atoms with Gasteiger partial charge in [0.15, 0.2) is 10.8 Å². The first kappa shape index (κ1) is 12.9. The number of aromatic nitrogens is 2. The molecular weight excluding hydrogens is 256 g/mol. The molecule has 0 spiro atoms. The van der Waals surface area contributed by atoms with E-state index in [-0.39, 0.29) is 0 Å². The number of thiazole rings is 1. The van der Waals surface area contributed by atoms with E-state index < -0.39 is 0 Å². The first-order chi connectivity index (χ1) is 9.31. The van der Waals surface area contributed by atoms with Crippen LogP contribution in [-0.4, -0.2) is 29.5 Å². The van der Waals surface area contributed by atoms with E-state index in [1.54, 1.807) is 11.3 Å². The third-order valence-electron chi connectivity index (χ3n) is 4.14. The Morgan fingerprint density at radius 3 is 2.95 bits per heavy atom. The average molecular weight is 278 g/mol. The minimum absolute atomic E-state index is 0.661. The van der Waals surface area contributed by atoms with E-state index in [4.69, 9.17) is 4.98 Å². The molecular formula is C14H22N4S. The molecule has 0 aliphatic heterocycles. The fourth-order valence-corrected chi connectivity index (χ4v) is 3.80. The predicted octanol–water partition coefficient (Wildman–Crippen LogP) is 2.88. The predicted molar refractivity (Wildman–Crippen MR) is 81.1 cm³/mol. The molecule has 19 heavy (non-hydrogen) atoms. The first-order valence-electron chi connectivity index (χ1n) is 7.13. The summed E-state index contributed by atoms with van der Waals surface area (Å²) in [6.07, 6.45) is 8.85. The zero-order valence-corrected chi connectivity index (χ0v) is 12.5. The van der Waals surface area contributed by atoms with Crippen LogP contribution < -0.4 is 10.2 Å². The van der Waals surface area contributed by atoms with Crippen molar-refractivity contribution >= 4 is 22.1 Å². The van der Waals surface area contributed by atoms with Crippen LogP contribution in [0.25, 0.3) is 4.96 Å². The SMILES string of the molecule is CNCc1c(N(C)C2CCCCC2)nc2sccn12. The third kappa shape index (κ3) is 2.37. The van der Waals surface area contributed by atoms with Crippen molar-refractivity contribution in [1.29, 1.82) is 0 Å². The van der Waals surface area contributed by atoms with E-state index in [2.05, 4.69) is 33.2 Å². The highest BCUT2D eigenvalue weighted by molar-refractivity contribution is 7.15. The van der Waals surface area contributed by atoms with Gasteiger partial charge in [-0.15, -0.1) is 11.3 Å². The van der Waals surface area contributed by atoms with Crippen LogP contribution in [0.2, 0.25) is 0 Å². The molecule has 2 heterocycles. The second-order valence-electron chi connectivity index (χ2n) is 5.37. The number of hydrogen-bond acceptors (Lipinski definition) is 4. The summed E-state index contributed by atoms with van der Waals surface area (Å²) in [5, 5.41) is 5.37. The number of anilines is 1. The van der Waals surface area contributed by atoms with Crippen molar-refractivity contribution in [2.24, 2.45) is 0 Å². The van der Waals surface area contributed by atoms with Crippen molar-refractivity contribution in [3.05, 3.63) is 17.3 Å². The lowest BCUT2D eigenvalue weighted by atomic mass is 9.94. The standard InChI is InChI=1S/C14H22N4S/c1-15-10-12-13(16-14-18(12)8-9-19-14)17(2)11-6-4-3-5-7-11/h8-9,11,15H,3-7,10H2,1-2H3. The molecule has 0 aromatic carbocycles. The quantitative estimate of drug-likeness (QED) is 0.933. The fraction of sp³-hybridized carbons (Fsp3) is 0.643.